The predicted molar refractivity (Wildman–Crippen MR) is 63.0 cm³/mol. The molecule has 0 aliphatic rings. The van der Waals surface area contributed by atoms with E-state index in [1.165, 1.54) is 7.11 Å². The van der Waals surface area contributed by atoms with E-state index in [-0.39, 0.29) is 29.9 Å². The van der Waals surface area contributed by atoms with Crippen molar-refractivity contribution in [1.29, 1.82) is 0 Å². The zero-order chi connectivity index (χ0) is 12.8. The van der Waals surface area contributed by atoms with Gasteiger partial charge in [-0.25, -0.2) is 8.42 Å². The summed E-state index contributed by atoms with van der Waals surface area (Å²) < 4.78 is 27.8. The molecule has 0 fully saturated rings. The van der Waals surface area contributed by atoms with Gasteiger partial charge in [-0.15, -0.1) is 0 Å². The molecular formula is C10H21NO4S. The Morgan fingerprint density at radius 3 is 2.31 bits per heavy atom. The molecule has 96 valence electrons. The third kappa shape index (κ3) is 6.07. The fourth-order valence-corrected chi connectivity index (χ4v) is 3.05. The van der Waals surface area contributed by atoms with Crippen LogP contribution in [0.5, 0.6) is 0 Å². The molecule has 16 heavy (non-hydrogen) atoms. The molecule has 6 heteroatoms. The normalized spacial score (nSPS) is 13.8. The fourth-order valence-electron chi connectivity index (χ4n) is 1.31. The Morgan fingerprint density at radius 1 is 1.38 bits per heavy atom. The van der Waals surface area contributed by atoms with Gasteiger partial charge in [-0.05, 0) is 13.0 Å². The Kier molecular flexibility index (Phi) is 6.59. The van der Waals surface area contributed by atoms with Crippen LogP contribution in [0.4, 0.5) is 0 Å². The van der Waals surface area contributed by atoms with Gasteiger partial charge in [0.2, 0.25) is 0 Å². The number of hydrogen-bond donors (Lipinski definition) is 1. The Hall–Kier alpha value is -0.620. The maximum Gasteiger partial charge on any atom is 0.306 e. The topological polar surface area (TPSA) is 72.5 Å². The van der Waals surface area contributed by atoms with Gasteiger partial charge in [0.05, 0.1) is 25.0 Å². The van der Waals surface area contributed by atoms with Gasteiger partial charge in [-0.2, -0.15) is 0 Å². The quantitative estimate of drug-likeness (QED) is 0.655. The molecule has 5 nitrogen and oxygen atoms in total. The van der Waals surface area contributed by atoms with Crippen LogP contribution in [-0.4, -0.2) is 46.1 Å². The minimum absolute atomic E-state index is 0.0537. The highest BCUT2D eigenvalue weighted by Crippen LogP contribution is 2.06. The standard InChI is InChI=1S/C10H21NO4S/c1-8(2)9(11-3)7-16(13,14)6-5-10(12)15-4/h8-9,11H,5-7H2,1-4H3. The van der Waals surface area contributed by atoms with Crippen molar-refractivity contribution < 1.29 is 17.9 Å². The average molecular weight is 251 g/mol. The van der Waals surface area contributed by atoms with E-state index in [1.807, 2.05) is 13.8 Å². The lowest BCUT2D eigenvalue weighted by Crippen LogP contribution is -2.38. The van der Waals surface area contributed by atoms with Crippen molar-refractivity contribution in [3.05, 3.63) is 0 Å². The second-order valence-corrected chi connectivity index (χ2v) is 6.31. The predicted octanol–water partition coefficient (Wildman–Crippen LogP) is 0.208. The first-order valence-corrected chi connectivity index (χ1v) is 7.09. The summed E-state index contributed by atoms with van der Waals surface area (Å²) in [4.78, 5) is 10.8. The summed E-state index contributed by atoms with van der Waals surface area (Å²) >= 11 is 0. The first kappa shape index (κ1) is 15.4. The number of rotatable bonds is 7. The Balaban J connectivity index is 4.28. The summed E-state index contributed by atoms with van der Waals surface area (Å²) in [6, 6.07) is -0.0809. The Labute approximate surface area is 97.5 Å². The van der Waals surface area contributed by atoms with E-state index in [1.54, 1.807) is 7.05 Å². The lowest BCUT2D eigenvalue weighted by molar-refractivity contribution is -0.140. The van der Waals surface area contributed by atoms with Gasteiger partial charge in [0.25, 0.3) is 0 Å². The zero-order valence-electron chi connectivity index (χ0n) is 10.3. The number of ether oxygens (including phenoxy) is 1. The van der Waals surface area contributed by atoms with E-state index >= 15 is 0 Å². The van der Waals surface area contributed by atoms with Crippen LogP contribution in [0.2, 0.25) is 0 Å². The SMILES string of the molecule is CNC(CS(=O)(=O)CCC(=O)OC)C(C)C. The maximum atomic E-state index is 11.7. The van der Waals surface area contributed by atoms with Gasteiger partial charge < -0.3 is 10.1 Å². The molecular weight excluding hydrogens is 230 g/mol. The molecule has 0 amide bonds. The van der Waals surface area contributed by atoms with Gasteiger partial charge in [0, 0.05) is 6.04 Å². The minimum atomic E-state index is -3.21. The molecule has 1 N–H and O–H groups in total. The van der Waals surface area contributed by atoms with E-state index < -0.39 is 15.8 Å². The number of hydrogen-bond acceptors (Lipinski definition) is 5. The molecule has 0 spiro atoms. The molecule has 0 rings (SSSR count). The van der Waals surface area contributed by atoms with Crippen molar-refractivity contribution in [2.75, 3.05) is 25.7 Å². The first-order chi connectivity index (χ1) is 7.32. The monoisotopic (exact) mass is 251 g/mol. The van der Waals surface area contributed by atoms with Crippen molar-refractivity contribution in [2.24, 2.45) is 5.92 Å². The molecule has 0 aromatic rings. The number of carbonyl (C=O) groups is 1. The zero-order valence-corrected chi connectivity index (χ0v) is 11.1. The second kappa shape index (κ2) is 6.85. The molecule has 0 aliphatic carbocycles. The summed E-state index contributed by atoms with van der Waals surface area (Å²) in [7, 11) is -0.220. The molecule has 1 atom stereocenters. The molecule has 0 heterocycles. The van der Waals surface area contributed by atoms with Gasteiger partial charge in [-0.1, -0.05) is 13.8 Å². The molecule has 0 aliphatic heterocycles. The lowest BCUT2D eigenvalue weighted by atomic mass is 10.1. The van der Waals surface area contributed by atoms with Crippen LogP contribution in [0.1, 0.15) is 20.3 Å². The van der Waals surface area contributed by atoms with E-state index in [4.69, 9.17) is 0 Å². The highest BCUT2D eigenvalue weighted by Gasteiger charge is 2.21. The highest BCUT2D eigenvalue weighted by molar-refractivity contribution is 7.91. The smallest absolute Gasteiger partial charge is 0.306 e. The van der Waals surface area contributed by atoms with Crippen LogP contribution >= 0.6 is 0 Å². The fraction of sp³-hybridized carbons (Fsp3) is 0.900. The minimum Gasteiger partial charge on any atom is -0.469 e. The van der Waals surface area contributed by atoms with Gasteiger partial charge in [0.1, 0.15) is 0 Å². The first-order valence-electron chi connectivity index (χ1n) is 5.27. The number of methoxy groups -OCH3 is 1. The summed E-state index contributed by atoms with van der Waals surface area (Å²) in [6.07, 6.45) is -0.0760. The molecule has 0 bridgehead atoms. The number of esters is 1. The van der Waals surface area contributed by atoms with Crippen LogP contribution in [0.3, 0.4) is 0 Å². The molecule has 0 saturated carbocycles. The summed E-state index contributed by atoms with van der Waals surface area (Å²) in [5, 5.41) is 2.96. The summed E-state index contributed by atoms with van der Waals surface area (Å²) in [6.45, 7) is 3.91. The average Bonchev–Trinajstić information content (AvgIpc) is 2.22. The largest absolute Gasteiger partial charge is 0.469 e. The highest BCUT2D eigenvalue weighted by atomic mass is 32.2. The van der Waals surface area contributed by atoms with Gasteiger partial charge >= 0.3 is 5.97 Å². The molecule has 0 aromatic heterocycles. The molecule has 1 unspecified atom stereocenters. The number of sulfone groups is 1. The van der Waals surface area contributed by atoms with Crippen molar-refractivity contribution in [3.63, 3.8) is 0 Å². The molecule has 0 radical (unpaired) electrons. The van der Waals surface area contributed by atoms with Crippen LogP contribution in [0.25, 0.3) is 0 Å². The van der Waals surface area contributed by atoms with Crippen LogP contribution in [-0.2, 0) is 19.4 Å². The van der Waals surface area contributed by atoms with Gasteiger partial charge in [-0.3, -0.25) is 4.79 Å². The maximum absolute atomic E-state index is 11.7. The van der Waals surface area contributed by atoms with E-state index in [0.717, 1.165) is 0 Å². The van der Waals surface area contributed by atoms with Crippen molar-refractivity contribution in [3.8, 4) is 0 Å². The summed E-state index contributed by atoms with van der Waals surface area (Å²) in [5.41, 5.74) is 0. The number of nitrogens with one attached hydrogen (secondary N) is 1. The van der Waals surface area contributed by atoms with Crippen LogP contribution < -0.4 is 5.32 Å². The van der Waals surface area contributed by atoms with Crippen molar-refractivity contribution >= 4 is 15.8 Å². The molecule has 0 aromatic carbocycles. The Bertz CT molecular complexity index is 311. The number of carbonyl (C=O) groups excluding carboxylic acids is 1. The van der Waals surface area contributed by atoms with Crippen molar-refractivity contribution in [2.45, 2.75) is 26.3 Å². The van der Waals surface area contributed by atoms with Crippen molar-refractivity contribution in [1.82, 2.24) is 5.32 Å². The van der Waals surface area contributed by atoms with E-state index in [9.17, 15) is 13.2 Å². The van der Waals surface area contributed by atoms with Crippen LogP contribution in [0, 0.1) is 5.92 Å². The lowest BCUT2D eigenvalue weighted by Gasteiger charge is -2.19. The summed E-state index contributed by atoms with van der Waals surface area (Å²) in [5.74, 6) is -0.352. The second-order valence-electron chi connectivity index (χ2n) is 4.08. The van der Waals surface area contributed by atoms with E-state index in [0.29, 0.717) is 0 Å². The third-order valence-corrected chi connectivity index (χ3v) is 4.15. The Morgan fingerprint density at radius 2 is 1.94 bits per heavy atom. The molecule has 0 saturated heterocycles. The van der Waals surface area contributed by atoms with Gasteiger partial charge in [0.15, 0.2) is 9.84 Å². The third-order valence-electron chi connectivity index (χ3n) is 2.45. The van der Waals surface area contributed by atoms with Crippen LogP contribution in [0.15, 0.2) is 0 Å². The van der Waals surface area contributed by atoms with E-state index in [2.05, 4.69) is 10.1 Å².